The molecule has 1 spiro atoms. The molecule has 1 atom stereocenters. The van der Waals surface area contributed by atoms with Crippen LogP contribution in [0.15, 0.2) is 30.3 Å². The molecule has 0 aromatic heterocycles. The van der Waals surface area contributed by atoms with Crippen molar-refractivity contribution < 1.29 is 28.7 Å². The predicted octanol–water partition coefficient (Wildman–Crippen LogP) is 1.70. The van der Waals surface area contributed by atoms with Gasteiger partial charge in [-0.3, -0.25) is 29.4 Å². The zero-order chi connectivity index (χ0) is 26.0. The molecule has 0 radical (unpaired) electrons. The predicted molar refractivity (Wildman–Crippen MR) is 135 cm³/mol. The largest absolute Gasteiger partial charge is 0.492 e. The van der Waals surface area contributed by atoms with Crippen LogP contribution in [-0.4, -0.2) is 65.8 Å². The van der Waals surface area contributed by atoms with Crippen molar-refractivity contribution in [1.29, 1.82) is 0 Å². The maximum absolute atomic E-state index is 13.2. The van der Waals surface area contributed by atoms with E-state index in [1.165, 1.54) is 0 Å². The molecule has 5 aliphatic heterocycles. The standard InChI is InChI=1S/C28H28N4O6/c33-23-6-4-21(26(35)30-23)32-13-18-17(27(32)36)2-3-19-25(18)38-15-28(19)7-9-31(10-8-28)12-16-1-5-22-20(11-16)29-24(34)14-37-22/h1-3,5,11,21H,4,6-10,12-15H2,(H,29,34)(H,30,33,35). The fourth-order valence-corrected chi connectivity index (χ4v) is 6.52. The van der Waals surface area contributed by atoms with E-state index in [9.17, 15) is 19.2 Å². The molecule has 2 aromatic carbocycles. The van der Waals surface area contributed by atoms with Crippen LogP contribution in [0.2, 0.25) is 0 Å². The van der Waals surface area contributed by atoms with Gasteiger partial charge in [0.2, 0.25) is 11.8 Å². The highest BCUT2D eigenvalue weighted by molar-refractivity contribution is 6.05. The molecule has 4 amide bonds. The SMILES string of the molecule is O=C1CCC(N2Cc3c(ccc4c3OCC43CCN(Cc4ccc5c(c4)NC(=O)CO5)CC3)C2=O)C(=O)N1. The number of carbonyl (C=O) groups excluding carboxylic acids is 4. The van der Waals surface area contributed by atoms with Crippen LogP contribution < -0.4 is 20.1 Å². The summed E-state index contributed by atoms with van der Waals surface area (Å²) in [5, 5.41) is 5.23. The maximum Gasteiger partial charge on any atom is 0.262 e. The minimum atomic E-state index is -0.634. The Kier molecular flexibility index (Phi) is 5.23. The van der Waals surface area contributed by atoms with Gasteiger partial charge >= 0.3 is 0 Å². The summed E-state index contributed by atoms with van der Waals surface area (Å²) in [5.41, 5.74) is 4.35. The summed E-state index contributed by atoms with van der Waals surface area (Å²) in [6.45, 7) is 3.55. The number of amides is 4. The fourth-order valence-electron chi connectivity index (χ4n) is 6.52. The van der Waals surface area contributed by atoms with E-state index in [0.717, 1.165) is 60.6 Å². The Morgan fingerprint density at radius 1 is 0.974 bits per heavy atom. The number of likely N-dealkylation sites (tertiary alicyclic amines) is 1. The van der Waals surface area contributed by atoms with Crippen molar-refractivity contribution in [2.75, 3.05) is 31.6 Å². The van der Waals surface area contributed by atoms with Crippen LogP contribution in [0.5, 0.6) is 11.5 Å². The molecule has 0 saturated carbocycles. The van der Waals surface area contributed by atoms with E-state index in [1.807, 2.05) is 30.3 Å². The van der Waals surface area contributed by atoms with E-state index >= 15 is 0 Å². The highest BCUT2D eigenvalue weighted by Crippen LogP contribution is 2.49. The highest BCUT2D eigenvalue weighted by atomic mass is 16.5. The highest BCUT2D eigenvalue weighted by Gasteiger charge is 2.47. The van der Waals surface area contributed by atoms with Crippen molar-refractivity contribution >= 4 is 29.3 Å². The molecule has 196 valence electrons. The number of hydrogen-bond acceptors (Lipinski definition) is 7. The molecule has 2 N–H and O–H groups in total. The second-order valence-electron chi connectivity index (χ2n) is 10.9. The molecule has 2 saturated heterocycles. The van der Waals surface area contributed by atoms with Gasteiger partial charge in [0.25, 0.3) is 11.8 Å². The number of hydrogen-bond donors (Lipinski definition) is 2. The number of carbonyl (C=O) groups is 4. The van der Waals surface area contributed by atoms with E-state index in [2.05, 4.69) is 15.5 Å². The summed E-state index contributed by atoms with van der Waals surface area (Å²) in [7, 11) is 0. The van der Waals surface area contributed by atoms with Crippen molar-refractivity contribution in [3.63, 3.8) is 0 Å². The van der Waals surface area contributed by atoms with Crippen molar-refractivity contribution in [2.24, 2.45) is 0 Å². The first-order valence-electron chi connectivity index (χ1n) is 13.1. The first-order valence-corrected chi connectivity index (χ1v) is 13.1. The third-order valence-electron chi connectivity index (χ3n) is 8.63. The monoisotopic (exact) mass is 516 g/mol. The minimum absolute atomic E-state index is 0.0520. The fraction of sp³-hybridized carbons (Fsp3) is 0.429. The van der Waals surface area contributed by atoms with Gasteiger partial charge in [0.05, 0.1) is 18.8 Å². The van der Waals surface area contributed by atoms with Gasteiger partial charge in [0.1, 0.15) is 17.5 Å². The first-order chi connectivity index (χ1) is 18.4. The van der Waals surface area contributed by atoms with Gasteiger partial charge in [0, 0.05) is 35.1 Å². The molecule has 0 aliphatic carbocycles. The van der Waals surface area contributed by atoms with Gasteiger partial charge in [-0.1, -0.05) is 12.1 Å². The van der Waals surface area contributed by atoms with Crippen LogP contribution in [0.25, 0.3) is 0 Å². The van der Waals surface area contributed by atoms with Gasteiger partial charge in [-0.05, 0) is 56.1 Å². The number of rotatable bonds is 3. The average molecular weight is 517 g/mol. The molecule has 5 aliphatic rings. The van der Waals surface area contributed by atoms with E-state index in [0.29, 0.717) is 30.9 Å². The molecule has 0 bridgehead atoms. The number of piperidine rings is 2. The summed E-state index contributed by atoms with van der Waals surface area (Å²) in [6, 6.07) is 9.23. The van der Waals surface area contributed by atoms with E-state index in [-0.39, 0.29) is 36.2 Å². The summed E-state index contributed by atoms with van der Waals surface area (Å²) < 4.78 is 11.8. The Morgan fingerprint density at radius 2 is 1.82 bits per heavy atom. The molecule has 38 heavy (non-hydrogen) atoms. The Balaban J connectivity index is 1.06. The Bertz CT molecular complexity index is 1400. The number of nitrogens with one attached hydrogen (secondary N) is 2. The zero-order valence-corrected chi connectivity index (χ0v) is 20.9. The van der Waals surface area contributed by atoms with E-state index in [4.69, 9.17) is 9.47 Å². The maximum atomic E-state index is 13.2. The Hall–Kier alpha value is -3.92. The smallest absolute Gasteiger partial charge is 0.262 e. The molecule has 10 nitrogen and oxygen atoms in total. The molecule has 1 unspecified atom stereocenters. The normalized spacial score (nSPS) is 23.8. The lowest BCUT2D eigenvalue weighted by molar-refractivity contribution is -0.137. The van der Waals surface area contributed by atoms with Gasteiger partial charge in [0.15, 0.2) is 6.61 Å². The van der Waals surface area contributed by atoms with Crippen LogP contribution >= 0.6 is 0 Å². The van der Waals surface area contributed by atoms with Gasteiger partial charge in [-0.15, -0.1) is 0 Å². The van der Waals surface area contributed by atoms with Gasteiger partial charge in [-0.25, -0.2) is 0 Å². The van der Waals surface area contributed by atoms with Crippen molar-refractivity contribution in [1.82, 2.24) is 15.1 Å². The van der Waals surface area contributed by atoms with Crippen LogP contribution in [0.3, 0.4) is 0 Å². The lowest BCUT2D eigenvalue weighted by atomic mass is 9.74. The summed E-state index contributed by atoms with van der Waals surface area (Å²) >= 11 is 0. The first kappa shape index (κ1) is 23.2. The van der Waals surface area contributed by atoms with Gasteiger partial charge in [-0.2, -0.15) is 0 Å². The van der Waals surface area contributed by atoms with Crippen LogP contribution in [0.4, 0.5) is 5.69 Å². The van der Waals surface area contributed by atoms with Crippen LogP contribution in [0.1, 0.15) is 52.7 Å². The second-order valence-corrected chi connectivity index (χ2v) is 10.9. The molecule has 10 heteroatoms. The van der Waals surface area contributed by atoms with E-state index in [1.54, 1.807) is 4.90 Å². The zero-order valence-electron chi connectivity index (χ0n) is 20.9. The number of imide groups is 1. The number of ether oxygens (including phenoxy) is 2. The quantitative estimate of drug-likeness (QED) is 0.597. The third-order valence-corrected chi connectivity index (χ3v) is 8.63. The summed E-state index contributed by atoms with van der Waals surface area (Å²) in [5.74, 6) is 0.488. The molecular formula is C28H28N4O6. The summed E-state index contributed by atoms with van der Waals surface area (Å²) in [4.78, 5) is 52.9. The van der Waals surface area contributed by atoms with Crippen molar-refractivity contribution in [3.05, 3.63) is 52.6 Å². The van der Waals surface area contributed by atoms with Crippen molar-refractivity contribution in [2.45, 2.75) is 50.2 Å². The number of fused-ring (bicyclic) bond motifs is 5. The van der Waals surface area contributed by atoms with Crippen LogP contribution in [-0.2, 0) is 32.9 Å². The second kappa shape index (κ2) is 8.56. The molecule has 7 rings (SSSR count). The third kappa shape index (κ3) is 3.65. The Morgan fingerprint density at radius 3 is 2.63 bits per heavy atom. The molecule has 2 fully saturated rings. The summed E-state index contributed by atoms with van der Waals surface area (Å²) in [6.07, 6.45) is 2.46. The topological polar surface area (TPSA) is 117 Å². The average Bonchev–Trinajstić information content (AvgIpc) is 3.43. The molecule has 5 heterocycles. The minimum Gasteiger partial charge on any atom is -0.492 e. The number of benzene rings is 2. The number of nitrogens with zero attached hydrogens (tertiary/aromatic N) is 2. The van der Waals surface area contributed by atoms with E-state index < -0.39 is 11.9 Å². The Labute approximate surface area is 219 Å². The molecule has 2 aromatic rings. The lowest BCUT2D eigenvalue weighted by Gasteiger charge is -2.38. The number of anilines is 1. The van der Waals surface area contributed by atoms with Gasteiger partial charge < -0.3 is 19.7 Å². The molecular weight excluding hydrogens is 488 g/mol. The van der Waals surface area contributed by atoms with Crippen LogP contribution in [0, 0.1) is 0 Å². The lowest BCUT2D eigenvalue weighted by Crippen LogP contribution is -2.52. The van der Waals surface area contributed by atoms with Crippen molar-refractivity contribution in [3.8, 4) is 11.5 Å².